The highest BCUT2D eigenvalue weighted by molar-refractivity contribution is 7.71. The Morgan fingerprint density at radius 1 is 1.12 bits per heavy atom. The zero-order valence-electron chi connectivity index (χ0n) is 14.3. The number of fused-ring (bicyclic) bond motifs is 1. The van der Waals surface area contributed by atoms with Crippen LogP contribution in [0.25, 0.3) is 11.4 Å². The number of likely N-dealkylation sites (tertiary alicyclic amines) is 1. The van der Waals surface area contributed by atoms with Gasteiger partial charge in [-0.2, -0.15) is 5.10 Å². The molecule has 1 aliphatic heterocycles. The molecule has 4 rings (SSSR count). The van der Waals surface area contributed by atoms with Gasteiger partial charge >= 0.3 is 0 Å². The van der Waals surface area contributed by atoms with E-state index in [0.717, 1.165) is 34.8 Å². The number of hydrogen-bond donors (Lipinski definition) is 0. The monoisotopic (exact) mass is 343 g/mol. The van der Waals surface area contributed by atoms with E-state index in [1.807, 2.05) is 28.4 Å². The van der Waals surface area contributed by atoms with Gasteiger partial charge in [-0.1, -0.05) is 12.8 Å². The topological polar surface area (TPSA) is 38.9 Å². The molecule has 2 aromatic heterocycles. The fourth-order valence-corrected chi connectivity index (χ4v) is 4.59. The number of nitrogens with zero attached hydrogens (tertiary/aromatic N) is 5. The molecule has 2 fully saturated rings. The lowest BCUT2D eigenvalue weighted by molar-refractivity contribution is 0.0323. The maximum absolute atomic E-state index is 5.65. The third kappa shape index (κ3) is 2.93. The molecule has 1 saturated carbocycles. The van der Waals surface area contributed by atoms with Gasteiger partial charge in [0.25, 0.3) is 0 Å². The average Bonchev–Trinajstić information content (AvgIpc) is 2.91. The summed E-state index contributed by atoms with van der Waals surface area (Å²) in [5.41, 5.74) is 1.06. The predicted octanol–water partition coefficient (Wildman–Crippen LogP) is 3.63. The van der Waals surface area contributed by atoms with Crippen molar-refractivity contribution in [2.45, 2.75) is 51.2 Å². The molecule has 0 aromatic carbocycles. The summed E-state index contributed by atoms with van der Waals surface area (Å²) in [6.45, 7) is 1.99. The Hall–Kier alpha value is -1.53. The predicted molar refractivity (Wildman–Crippen MR) is 96.9 cm³/mol. The Labute approximate surface area is 148 Å². The molecule has 1 aliphatic carbocycles. The van der Waals surface area contributed by atoms with Gasteiger partial charge in [-0.05, 0) is 56.0 Å². The fourth-order valence-electron chi connectivity index (χ4n) is 4.41. The van der Waals surface area contributed by atoms with Crippen LogP contribution >= 0.6 is 12.2 Å². The molecular weight excluding hydrogens is 318 g/mol. The molecule has 2 aliphatic rings. The first-order valence-corrected chi connectivity index (χ1v) is 9.43. The minimum Gasteiger partial charge on any atom is -0.303 e. The average molecular weight is 344 g/mol. The van der Waals surface area contributed by atoms with Gasteiger partial charge in [0, 0.05) is 37.6 Å². The van der Waals surface area contributed by atoms with Crippen molar-refractivity contribution in [2.24, 2.45) is 13.0 Å². The highest BCUT2D eigenvalue weighted by Crippen LogP contribution is 2.35. The molecule has 0 unspecified atom stereocenters. The van der Waals surface area contributed by atoms with E-state index in [2.05, 4.69) is 9.88 Å². The molecule has 0 N–H and O–H groups in total. The highest BCUT2D eigenvalue weighted by atomic mass is 32.1. The summed E-state index contributed by atoms with van der Waals surface area (Å²) < 4.78 is 4.80. The second-order valence-corrected chi connectivity index (χ2v) is 7.47. The van der Waals surface area contributed by atoms with Gasteiger partial charge in [-0.15, -0.1) is 0 Å². The van der Waals surface area contributed by atoms with Gasteiger partial charge in [-0.3, -0.25) is 9.88 Å². The molecule has 24 heavy (non-hydrogen) atoms. The molecule has 0 radical (unpaired) electrons. The van der Waals surface area contributed by atoms with Crippen molar-refractivity contribution in [2.75, 3.05) is 6.54 Å². The van der Waals surface area contributed by atoms with Crippen LogP contribution in [0.15, 0.2) is 24.5 Å². The maximum Gasteiger partial charge on any atom is 0.199 e. The number of hydrogen-bond acceptors (Lipinski definition) is 4. The van der Waals surface area contributed by atoms with E-state index in [1.54, 1.807) is 12.4 Å². The van der Waals surface area contributed by atoms with E-state index < -0.39 is 0 Å². The lowest BCUT2D eigenvalue weighted by Gasteiger charge is -2.43. The minimum atomic E-state index is 0.723. The molecule has 0 amide bonds. The number of aromatic nitrogens is 4. The largest absolute Gasteiger partial charge is 0.303 e. The van der Waals surface area contributed by atoms with Crippen molar-refractivity contribution in [1.82, 2.24) is 24.2 Å². The van der Waals surface area contributed by atoms with Crippen LogP contribution in [0.1, 0.15) is 38.5 Å². The van der Waals surface area contributed by atoms with E-state index >= 15 is 0 Å². The van der Waals surface area contributed by atoms with E-state index in [9.17, 15) is 0 Å². The normalized spacial score (nSPS) is 24.7. The minimum absolute atomic E-state index is 0.723. The third-order valence-electron chi connectivity index (χ3n) is 5.65. The molecular formula is C18H25N5S. The second-order valence-electron chi connectivity index (χ2n) is 7.11. The van der Waals surface area contributed by atoms with Crippen LogP contribution in [0.5, 0.6) is 0 Å². The third-order valence-corrected chi connectivity index (χ3v) is 6.14. The molecule has 5 nitrogen and oxygen atoms in total. The van der Waals surface area contributed by atoms with Crippen molar-refractivity contribution >= 4 is 12.2 Å². The van der Waals surface area contributed by atoms with Gasteiger partial charge in [0.15, 0.2) is 10.6 Å². The maximum atomic E-state index is 5.65. The summed E-state index contributed by atoms with van der Waals surface area (Å²) in [6.07, 6.45) is 11.8. The van der Waals surface area contributed by atoms with Crippen LogP contribution in [-0.4, -0.2) is 36.8 Å². The van der Waals surface area contributed by atoms with E-state index in [0.29, 0.717) is 0 Å². The van der Waals surface area contributed by atoms with E-state index in [1.165, 1.54) is 45.1 Å². The van der Waals surface area contributed by atoms with Crippen LogP contribution in [0.2, 0.25) is 0 Å². The zero-order chi connectivity index (χ0) is 16.5. The van der Waals surface area contributed by atoms with Crippen molar-refractivity contribution in [3.05, 3.63) is 29.3 Å². The molecule has 0 bridgehead atoms. The van der Waals surface area contributed by atoms with Gasteiger partial charge in [0.05, 0.1) is 6.67 Å². The van der Waals surface area contributed by atoms with Crippen LogP contribution in [0.3, 0.4) is 0 Å². The lowest BCUT2D eigenvalue weighted by atomic mass is 9.78. The van der Waals surface area contributed by atoms with Gasteiger partial charge in [0.2, 0.25) is 0 Å². The molecule has 2 atom stereocenters. The van der Waals surface area contributed by atoms with Crippen molar-refractivity contribution in [3.8, 4) is 11.4 Å². The summed E-state index contributed by atoms with van der Waals surface area (Å²) in [6, 6.07) is 4.69. The van der Waals surface area contributed by atoms with Crippen LogP contribution < -0.4 is 0 Å². The van der Waals surface area contributed by atoms with Crippen molar-refractivity contribution in [3.63, 3.8) is 0 Å². The van der Waals surface area contributed by atoms with E-state index in [-0.39, 0.29) is 0 Å². The standard InChI is InChI=1S/C18H25N5S/c1-21-17(15-8-10-19-11-9-15)20-23(18(21)24)13-22-12-4-6-14-5-2-3-7-16(14)22/h8-11,14,16H,2-7,12-13H2,1H3/t14-,16-/m0/s1. The first-order valence-electron chi connectivity index (χ1n) is 9.02. The highest BCUT2D eigenvalue weighted by Gasteiger charge is 2.33. The lowest BCUT2D eigenvalue weighted by Crippen LogP contribution is -2.47. The van der Waals surface area contributed by atoms with Crippen LogP contribution in [0.4, 0.5) is 0 Å². The number of piperidine rings is 1. The summed E-state index contributed by atoms with van der Waals surface area (Å²) in [5.74, 6) is 1.80. The van der Waals surface area contributed by atoms with Crippen LogP contribution in [-0.2, 0) is 13.7 Å². The Bertz CT molecular complexity index is 749. The molecule has 6 heteroatoms. The Kier molecular flexibility index (Phi) is 4.50. The Balaban J connectivity index is 1.60. The summed E-state index contributed by atoms with van der Waals surface area (Å²) >= 11 is 5.65. The second kappa shape index (κ2) is 6.76. The summed E-state index contributed by atoms with van der Waals surface area (Å²) in [7, 11) is 2.00. The summed E-state index contributed by atoms with van der Waals surface area (Å²) in [4.78, 5) is 6.71. The van der Waals surface area contributed by atoms with Crippen molar-refractivity contribution in [1.29, 1.82) is 0 Å². The molecule has 0 spiro atoms. The first-order chi connectivity index (χ1) is 11.7. The molecule has 2 aromatic rings. The Morgan fingerprint density at radius 3 is 2.71 bits per heavy atom. The van der Waals surface area contributed by atoms with Crippen LogP contribution in [0, 0.1) is 10.7 Å². The molecule has 3 heterocycles. The van der Waals surface area contributed by atoms with E-state index in [4.69, 9.17) is 17.3 Å². The molecule has 128 valence electrons. The SMILES string of the molecule is Cn1c(-c2ccncc2)nn(CN2CCC[C@@H]3CCCC[C@@H]32)c1=S. The van der Waals surface area contributed by atoms with Gasteiger partial charge in [-0.25, -0.2) is 4.68 Å². The zero-order valence-corrected chi connectivity index (χ0v) is 15.1. The van der Waals surface area contributed by atoms with Gasteiger partial charge in [0.1, 0.15) is 0 Å². The van der Waals surface area contributed by atoms with Gasteiger partial charge < -0.3 is 4.57 Å². The number of rotatable bonds is 3. The molecule has 1 saturated heterocycles. The van der Waals surface area contributed by atoms with Crippen molar-refractivity contribution < 1.29 is 0 Å². The quantitative estimate of drug-likeness (QED) is 0.798. The first kappa shape index (κ1) is 16.0. The fraction of sp³-hybridized carbons (Fsp3) is 0.611. The summed E-state index contributed by atoms with van der Waals surface area (Å²) in [5, 5.41) is 4.82. The Morgan fingerprint density at radius 2 is 1.88 bits per heavy atom. The number of pyridine rings is 1. The smallest absolute Gasteiger partial charge is 0.199 e.